The van der Waals surface area contributed by atoms with Crippen molar-refractivity contribution in [3.05, 3.63) is 60.2 Å². The van der Waals surface area contributed by atoms with E-state index in [1.165, 1.54) is 23.1 Å². The molecule has 0 amide bonds. The molecular formula is C20H18F4N10O. The molecule has 35 heavy (non-hydrogen) atoms. The van der Waals surface area contributed by atoms with Crippen LogP contribution in [-0.2, 0) is 12.8 Å². The Hall–Kier alpha value is -4.17. The van der Waals surface area contributed by atoms with Gasteiger partial charge in [0.2, 0.25) is 5.95 Å². The van der Waals surface area contributed by atoms with Gasteiger partial charge in [0.25, 0.3) is 0 Å². The Morgan fingerprint density at radius 2 is 1.83 bits per heavy atom. The van der Waals surface area contributed by atoms with Crippen LogP contribution in [0.1, 0.15) is 30.1 Å². The Labute approximate surface area is 195 Å². The summed E-state index contributed by atoms with van der Waals surface area (Å²) in [7, 11) is 0. The molecule has 0 radical (unpaired) electrons. The first-order chi connectivity index (χ1) is 16.9. The lowest BCUT2D eigenvalue weighted by Crippen LogP contribution is -2.36. The van der Waals surface area contributed by atoms with Gasteiger partial charge in [0.05, 0.1) is 23.5 Å². The molecule has 1 aliphatic heterocycles. The smallest absolute Gasteiger partial charge is 0.419 e. The lowest BCUT2D eigenvalue weighted by Gasteiger charge is -2.31. The Morgan fingerprint density at radius 1 is 1.06 bits per heavy atom. The molecule has 4 heterocycles. The summed E-state index contributed by atoms with van der Waals surface area (Å²) in [5, 5.41) is 19.5. The summed E-state index contributed by atoms with van der Waals surface area (Å²) in [5.74, 6) is -0.253. The molecule has 11 nitrogen and oxygen atoms in total. The van der Waals surface area contributed by atoms with Gasteiger partial charge in [-0.3, -0.25) is 0 Å². The Morgan fingerprint density at radius 3 is 2.49 bits per heavy atom. The maximum absolute atomic E-state index is 14.4. The number of piperidine rings is 1. The topological polar surface area (TPSA) is 113 Å². The van der Waals surface area contributed by atoms with Gasteiger partial charge in [0.15, 0.2) is 11.6 Å². The fourth-order valence-electron chi connectivity index (χ4n) is 3.66. The summed E-state index contributed by atoms with van der Waals surface area (Å²) >= 11 is 0. The molecule has 0 saturated carbocycles. The molecular weight excluding hydrogens is 472 g/mol. The molecule has 0 aliphatic carbocycles. The van der Waals surface area contributed by atoms with E-state index < -0.39 is 17.6 Å². The van der Waals surface area contributed by atoms with Crippen LogP contribution in [0.15, 0.2) is 43.1 Å². The normalized spacial score (nSPS) is 14.9. The zero-order valence-electron chi connectivity index (χ0n) is 18.0. The van der Waals surface area contributed by atoms with Crippen LogP contribution >= 0.6 is 0 Å². The summed E-state index contributed by atoms with van der Waals surface area (Å²) in [6, 6.07) is 4.37. The Bertz CT molecular complexity index is 1270. The number of benzene rings is 1. The van der Waals surface area contributed by atoms with E-state index in [-0.39, 0.29) is 24.3 Å². The van der Waals surface area contributed by atoms with Gasteiger partial charge < -0.3 is 9.64 Å². The quantitative estimate of drug-likeness (QED) is 0.377. The van der Waals surface area contributed by atoms with E-state index in [2.05, 4.69) is 35.7 Å². The first-order valence-electron chi connectivity index (χ1n) is 10.6. The zero-order valence-corrected chi connectivity index (χ0v) is 18.0. The molecule has 3 aromatic heterocycles. The van der Waals surface area contributed by atoms with Crippen LogP contribution in [0, 0.1) is 5.82 Å². The van der Waals surface area contributed by atoms with E-state index >= 15 is 0 Å². The van der Waals surface area contributed by atoms with E-state index in [9.17, 15) is 17.6 Å². The summed E-state index contributed by atoms with van der Waals surface area (Å²) in [6.45, 7) is 1.11. The van der Waals surface area contributed by atoms with Gasteiger partial charge in [-0.05, 0) is 35.4 Å². The van der Waals surface area contributed by atoms with Crippen LogP contribution in [0.4, 0.5) is 23.5 Å². The van der Waals surface area contributed by atoms with Crippen LogP contribution < -0.4 is 9.64 Å². The van der Waals surface area contributed by atoms with Crippen LogP contribution in [0.5, 0.6) is 5.75 Å². The first-order valence-corrected chi connectivity index (χ1v) is 10.6. The van der Waals surface area contributed by atoms with E-state index in [0.717, 1.165) is 12.4 Å². The molecule has 1 aromatic carbocycles. The van der Waals surface area contributed by atoms with Gasteiger partial charge in [0, 0.05) is 31.5 Å². The molecule has 0 spiro atoms. The number of tetrazole rings is 1. The van der Waals surface area contributed by atoms with E-state index in [1.807, 2.05) is 4.90 Å². The largest absolute Gasteiger partial charge is 0.484 e. The van der Waals surface area contributed by atoms with Crippen LogP contribution in [0.2, 0.25) is 0 Å². The third-order valence-electron chi connectivity index (χ3n) is 5.50. The number of halogens is 4. The molecule has 4 aromatic rings. The maximum atomic E-state index is 14.4. The molecule has 0 unspecified atom stereocenters. The van der Waals surface area contributed by atoms with Crippen molar-refractivity contribution in [1.29, 1.82) is 0 Å². The van der Waals surface area contributed by atoms with Crippen LogP contribution in [0.3, 0.4) is 0 Å². The number of nitrogens with zero attached hydrogens (tertiary/aromatic N) is 10. The second kappa shape index (κ2) is 9.23. The van der Waals surface area contributed by atoms with E-state index in [0.29, 0.717) is 37.3 Å². The monoisotopic (exact) mass is 490 g/mol. The fraction of sp³-hybridized carbons (Fsp3) is 0.350. The minimum absolute atomic E-state index is 0.00163. The van der Waals surface area contributed by atoms with Crippen LogP contribution in [-0.4, -0.2) is 58.3 Å². The zero-order chi connectivity index (χ0) is 24.4. The predicted molar refractivity (Wildman–Crippen MR) is 111 cm³/mol. The minimum atomic E-state index is -4.47. The number of ether oxygens (including phenoxy) is 1. The van der Waals surface area contributed by atoms with E-state index in [4.69, 9.17) is 4.74 Å². The SMILES string of the molecule is Fc1cc(-n2cnnn2)ccc1OCc1cnn(C2CCN(c3ncc(C(F)(F)F)cn3)CC2)n1. The highest BCUT2D eigenvalue weighted by molar-refractivity contribution is 5.37. The second-order valence-corrected chi connectivity index (χ2v) is 7.80. The molecule has 1 fully saturated rings. The van der Waals surface area contributed by atoms with Crippen LogP contribution in [0.25, 0.3) is 5.69 Å². The van der Waals surface area contributed by atoms with Gasteiger partial charge in [0.1, 0.15) is 18.6 Å². The number of rotatable bonds is 6. The molecule has 5 rings (SSSR count). The van der Waals surface area contributed by atoms with Gasteiger partial charge >= 0.3 is 6.18 Å². The molecule has 0 bridgehead atoms. The summed E-state index contributed by atoms with van der Waals surface area (Å²) < 4.78 is 59.3. The van der Waals surface area contributed by atoms with Gasteiger partial charge in [-0.2, -0.15) is 28.2 Å². The fourth-order valence-corrected chi connectivity index (χ4v) is 3.66. The first kappa shape index (κ1) is 22.6. The highest BCUT2D eigenvalue weighted by atomic mass is 19.4. The third-order valence-corrected chi connectivity index (χ3v) is 5.50. The highest BCUT2D eigenvalue weighted by Gasteiger charge is 2.32. The number of hydrogen-bond acceptors (Lipinski definition) is 9. The molecule has 0 atom stereocenters. The van der Waals surface area contributed by atoms with Gasteiger partial charge in [-0.25, -0.2) is 19.0 Å². The van der Waals surface area contributed by atoms with Crippen molar-refractivity contribution >= 4 is 5.95 Å². The lowest BCUT2D eigenvalue weighted by atomic mass is 10.1. The third kappa shape index (κ3) is 5.02. The van der Waals surface area contributed by atoms with Crippen molar-refractivity contribution in [2.24, 2.45) is 0 Å². The maximum Gasteiger partial charge on any atom is 0.419 e. The van der Waals surface area contributed by atoms with Crippen molar-refractivity contribution in [2.75, 3.05) is 18.0 Å². The van der Waals surface area contributed by atoms with Gasteiger partial charge in [-0.15, -0.1) is 5.10 Å². The molecule has 1 saturated heterocycles. The average Bonchev–Trinajstić information content (AvgIpc) is 3.56. The predicted octanol–water partition coefficient (Wildman–Crippen LogP) is 2.62. The van der Waals surface area contributed by atoms with Gasteiger partial charge in [-0.1, -0.05) is 0 Å². The number of alkyl halides is 3. The van der Waals surface area contributed by atoms with Crippen molar-refractivity contribution in [2.45, 2.75) is 31.7 Å². The number of anilines is 1. The molecule has 0 N–H and O–H groups in total. The molecule has 15 heteroatoms. The van der Waals surface area contributed by atoms with Crippen molar-refractivity contribution in [3.8, 4) is 11.4 Å². The second-order valence-electron chi connectivity index (χ2n) is 7.80. The summed E-state index contributed by atoms with van der Waals surface area (Å²) in [6.07, 6.45) is 1.34. The summed E-state index contributed by atoms with van der Waals surface area (Å²) in [4.78, 5) is 11.1. The average molecular weight is 490 g/mol. The minimum Gasteiger partial charge on any atom is -0.484 e. The molecule has 182 valence electrons. The number of hydrogen-bond donors (Lipinski definition) is 0. The molecule has 1 aliphatic rings. The number of aromatic nitrogens is 9. The lowest BCUT2D eigenvalue weighted by molar-refractivity contribution is -0.138. The summed E-state index contributed by atoms with van der Waals surface area (Å²) in [5.41, 5.74) is 0.108. The van der Waals surface area contributed by atoms with Crippen molar-refractivity contribution in [1.82, 2.24) is 45.2 Å². The van der Waals surface area contributed by atoms with E-state index in [1.54, 1.807) is 17.1 Å². The van der Waals surface area contributed by atoms with Crippen molar-refractivity contribution < 1.29 is 22.3 Å². The van der Waals surface area contributed by atoms with Crippen molar-refractivity contribution in [3.63, 3.8) is 0 Å². The Balaban J connectivity index is 1.15. The Kier molecular flexibility index (Phi) is 5.96. The standard InChI is InChI=1S/C20H18F4N10O/c21-17-7-16(33-12-27-30-31-33)1-2-18(17)35-11-14-10-28-34(29-14)15-3-5-32(6-4-15)19-25-8-13(9-26-19)20(22,23)24/h1-2,7-10,12,15H,3-6,11H2. The highest BCUT2D eigenvalue weighted by Crippen LogP contribution is 2.29.